The van der Waals surface area contributed by atoms with Crippen LogP contribution in [0.4, 0.5) is 0 Å². The lowest BCUT2D eigenvalue weighted by atomic mass is 10.1. The fourth-order valence-electron chi connectivity index (χ4n) is 2.87. The summed E-state index contributed by atoms with van der Waals surface area (Å²) in [6.07, 6.45) is -0.664. The van der Waals surface area contributed by atoms with Gasteiger partial charge in [0.1, 0.15) is 4.90 Å². The van der Waals surface area contributed by atoms with E-state index in [1.165, 1.54) is 0 Å². The smallest absolute Gasteiger partial charge is 0.297 e. The van der Waals surface area contributed by atoms with E-state index in [1.54, 1.807) is 60.0 Å². The van der Waals surface area contributed by atoms with Crippen LogP contribution < -0.4 is 0 Å². The van der Waals surface area contributed by atoms with Crippen molar-refractivity contribution in [1.29, 1.82) is 0 Å². The predicted octanol–water partition coefficient (Wildman–Crippen LogP) is 2.94. The molecular formula is C17H17NO4S. The van der Waals surface area contributed by atoms with Crippen molar-refractivity contribution < 1.29 is 18.1 Å². The molecule has 2 N–H and O–H groups in total. The summed E-state index contributed by atoms with van der Waals surface area (Å²) in [5.74, 6) is 0. The molecule has 0 spiro atoms. The number of hydrogen-bond donors (Lipinski definition) is 2. The lowest BCUT2D eigenvalue weighted by molar-refractivity contribution is 0.175. The number of aliphatic hydroxyl groups is 1. The van der Waals surface area contributed by atoms with Crippen LogP contribution in [-0.2, 0) is 16.7 Å². The standard InChI is InChI=1S/C17H17NO4S/c1-12(19)11-18-15-10-6-5-9-14(15)17(23(20,21)22)16(18)13-7-3-2-4-8-13/h2-10,12,19H,11H2,1H3,(H,20,21,22). The highest BCUT2D eigenvalue weighted by atomic mass is 32.2. The number of nitrogens with zero attached hydrogens (tertiary/aromatic N) is 1. The van der Waals surface area contributed by atoms with Crippen molar-refractivity contribution in [2.45, 2.75) is 24.5 Å². The summed E-state index contributed by atoms with van der Waals surface area (Å²) >= 11 is 0. The maximum Gasteiger partial charge on any atom is 0.297 e. The Morgan fingerprint density at radius 3 is 2.26 bits per heavy atom. The van der Waals surface area contributed by atoms with E-state index in [9.17, 15) is 18.1 Å². The molecule has 0 bridgehead atoms. The molecule has 0 aliphatic rings. The SMILES string of the molecule is CC(O)Cn1c(-c2ccccc2)c(S(=O)(=O)O)c2ccccc21. The number of benzene rings is 2. The number of para-hydroxylation sites is 1. The van der Waals surface area contributed by atoms with E-state index >= 15 is 0 Å². The van der Waals surface area contributed by atoms with E-state index in [-0.39, 0.29) is 11.4 Å². The van der Waals surface area contributed by atoms with Crippen LogP contribution in [0.25, 0.3) is 22.2 Å². The van der Waals surface area contributed by atoms with Crippen LogP contribution in [0.3, 0.4) is 0 Å². The molecule has 2 aromatic carbocycles. The minimum atomic E-state index is -4.43. The van der Waals surface area contributed by atoms with Crippen molar-refractivity contribution >= 4 is 21.0 Å². The maximum absolute atomic E-state index is 12.0. The third-order valence-electron chi connectivity index (χ3n) is 3.68. The first-order chi connectivity index (χ1) is 10.9. The summed E-state index contributed by atoms with van der Waals surface area (Å²) < 4.78 is 35.5. The Balaban J connectivity index is 2.48. The Bertz CT molecular complexity index is 943. The van der Waals surface area contributed by atoms with E-state index in [4.69, 9.17) is 0 Å². The third kappa shape index (κ3) is 2.88. The third-order valence-corrected chi connectivity index (χ3v) is 4.61. The first-order valence-electron chi connectivity index (χ1n) is 7.22. The van der Waals surface area contributed by atoms with Gasteiger partial charge in [0.2, 0.25) is 0 Å². The van der Waals surface area contributed by atoms with Gasteiger partial charge in [-0.15, -0.1) is 0 Å². The molecule has 5 nitrogen and oxygen atoms in total. The highest BCUT2D eigenvalue weighted by Gasteiger charge is 2.26. The van der Waals surface area contributed by atoms with Gasteiger partial charge in [-0.3, -0.25) is 4.55 Å². The molecule has 0 fully saturated rings. The van der Waals surface area contributed by atoms with Crippen LogP contribution in [-0.4, -0.2) is 28.7 Å². The van der Waals surface area contributed by atoms with Gasteiger partial charge in [-0.1, -0.05) is 48.5 Å². The summed E-state index contributed by atoms with van der Waals surface area (Å²) in [6, 6.07) is 15.9. The van der Waals surface area contributed by atoms with Crippen molar-refractivity contribution in [1.82, 2.24) is 4.57 Å². The minimum absolute atomic E-state index is 0.125. The summed E-state index contributed by atoms with van der Waals surface area (Å²) in [5, 5.41) is 10.3. The fraction of sp³-hybridized carbons (Fsp3) is 0.176. The highest BCUT2D eigenvalue weighted by molar-refractivity contribution is 7.86. The molecule has 0 aliphatic carbocycles. The van der Waals surface area contributed by atoms with Crippen LogP contribution >= 0.6 is 0 Å². The number of rotatable bonds is 4. The molecule has 1 atom stereocenters. The molecule has 1 heterocycles. The van der Waals surface area contributed by atoms with Crippen molar-refractivity contribution in [3.63, 3.8) is 0 Å². The molecule has 1 aromatic heterocycles. The Morgan fingerprint density at radius 2 is 1.65 bits per heavy atom. The van der Waals surface area contributed by atoms with E-state index in [2.05, 4.69) is 0 Å². The second-order valence-corrected chi connectivity index (χ2v) is 6.85. The first kappa shape index (κ1) is 15.7. The zero-order chi connectivity index (χ0) is 16.6. The molecule has 1 unspecified atom stereocenters. The Labute approximate surface area is 134 Å². The number of aromatic nitrogens is 1. The lowest BCUT2D eigenvalue weighted by Gasteiger charge is -2.13. The topological polar surface area (TPSA) is 79.5 Å². The summed E-state index contributed by atoms with van der Waals surface area (Å²) in [7, 11) is -4.43. The van der Waals surface area contributed by atoms with Crippen LogP contribution in [0, 0.1) is 0 Å². The largest absolute Gasteiger partial charge is 0.392 e. The zero-order valence-corrected chi connectivity index (χ0v) is 13.4. The van der Waals surface area contributed by atoms with E-state index < -0.39 is 16.2 Å². The summed E-state index contributed by atoms with van der Waals surface area (Å²) in [5.41, 5.74) is 1.70. The van der Waals surface area contributed by atoms with E-state index in [1.807, 2.05) is 6.07 Å². The fourth-order valence-corrected chi connectivity index (χ4v) is 3.79. The molecular weight excluding hydrogens is 314 g/mol. The Kier molecular flexibility index (Phi) is 3.97. The monoisotopic (exact) mass is 331 g/mol. The van der Waals surface area contributed by atoms with Gasteiger partial charge in [0.05, 0.1) is 17.3 Å². The average Bonchev–Trinajstić information content (AvgIpc) is 2.82. The predicted molar refractivity (Wildman–Crippen MR) is 88.9 cm³/mol. The second kappa shape index (κ2) is 5.81. The minimum Gasteiger partial charge on any atom is -0.392 e. The van der Waals surface area contributed by atoms with Gasteiger partial charge < -0.3 is 9.67 Å². The van der Waals surface area contributed by atoms with Gasteiger partial charge >= 0.3 is 0 Å². The van der Waals surface area contributed by atoms with Crippen molar-refractivity contribution in [3.8, 4) is 11.3 Å². The molecule has 120 valence electrons. The van der Waals surface area contributed by atoms with Gasteiger partial charge in [0, 0.05) is 11.9 Å². The van der Waals surface area contributed by atoms with Crippen LogP contribution in [0.1, 0.15) is 6.92 Å². The van der Waals surface area contributed by atoms with E-state index in [0.29, 0.717) is 22.2 Å². The van der Waals surface area contributed by atoms with Gasteiger partial charge in [0.15, 0.2) is 0 Å². The van der Waals surface area contributed by atoms with Crippen molar-refractivity contribution in [2.24, 2.45) is 0 Å². The quantitative estimate of drug-likeness (QED) is 0.720. The van der Waals surface area contributed by atoms with E-state index in [0.717, 1.165) is 0 Å². The molecule has 0 aliphatic heterocycles. The molecule has 0 saturated heterocycles. The molecule has 0 amide bonds. The van der Waals surface area contributed by atoms with Crippen LogP contribution in [0.2, 0.25) is 0 Å². The van der Waals surface area contributed by atoms with Crippen LogP contribution in [0.5, 0.6) is 0 Å². The average molecular weight is 331 g/mol. The second-order valence-electron chi connectivity index (χ2n) is 5.50. The normalized spacial score (nSPS) is 13.3. The van der Waals surface area contributed by atoms with Crippen molar-refractivity contribution in [3.05, 3.63) is 54.6 Å². The first-order valence-corrected chi connectivity index (χ1v) is 8.66. The molecule has 3 rings (SSSR count). The molecule has 3 aromatic rings. The molecule has 0 saturated carbocycles. The lowest BCUT2D eigenvalue weighted by Crippen LogP contribution is -2.13. The Hall–Kier alpha value is -2.15. The highest BCUT2D eigenvalue weighted by Crippen LogP contribution is 2.37. The zero-order valence-electron chi connectivity index (χ0n) is 12.5. The van der Waals surface area contributed by atoms with Crippen LogP contribution in [0.15, 0.2) is 59.5 Å². The number of hydrogen-bond acceptors (Lipinski definition) is 3. The van der Waals surface area contributed by atoms with Gasteiger partial charge in [-0.25, -0.2) is 0 Å². The molecule has 6 heteroatoms. The van der Waals surface area contributed by atoms with Gasteiger partial charge in [-0.05, 0) is 18.6 Å². The molecule has 23 heavy (non-hydrogen) atoms. The van der Waals surface area contributed by atoms with Gasteiger partial charge in [-0.2, -0.15) is 8.42 Å². The van der Waals surface area contributed by atoms with Gasteiger partial charge in [0.25, 0.3) is 10.1 Å². The molecule has 0 radical (unpaired) electrons. The Morgan fingerprint density at radius 1 is 1.04 bits per heavy atom. The van der Waals surface area contributed by atoms with Crippen molar-refractivity contribution in [2.75, 3.05) is 0 Å². The number of fused-ring (bicyclic) bond motifs is 1. The number of aliphatic hydroxyl groups excluding tert-OH is 1. The summed E-state index contributed by atoms with van der Waals surface area (Å²) in [6.45, 7) is 1.86. The summed E-state index contributed by atoms with van der Waals surface area (Å²) in [4.78, 5) is -0.125. The maximum atomic E-state index is 12.0.